The van der Waals surface area contributed by atoms with E-state index in [1.54, 1.807) is 13.0 Å². The summed E-state index contributed by atoms with van der Waals surface area (Å²) in [6, 6.07) is 10.0. The summed E-state index contributed by atoms with van der Waals surface area (Å²) >= 11 is 0. The second kappa shape index (κ2) is 6.40. The molecule has 0 saturated carbocycles. The Morgan fingerprint density at radius 1 is 1.08 bits per heavy atom. The average molecular weight is 372 g/mol. The molecular formula is C18H16N2O5S. The molecule has 0 fully saturated rings. The van der Waals surface area contributed by atoms with Crippen LogP contribution in [0.1, 0.15) is 21.7 Å². The molecule has 3 N–H and O–H groups in total. The lowest BCUT2D eigenvalue weighted by molar-refractivity contribution is 0.0997. The van der Waals surface area contributed by atoms with Crippen molar-refractivity contribution in [1.82, 2.24) is 0 Å². The van der Waals surface area contributed by atoms with Crippen LogP contribution in [0.25, 0.3) is 11.0 Å². The molecule has 0 spiro atoms. The minimum absolute atomic E-state index is 0.0707. The monoisotopic (exact) mass is 372 g/mol. The van der Waals surface area contributed by atoms with Crippen molar-refractivity contribution >= 4 is 32.6 Å². The average Bonchev–Trinajstić information content (AvgIpc) is 2.53. The molecule has 0 aliphatic rings. The minimum Gasteiger partial charge on any atom is -0.451 e. The van der Waals surface area contributed by atoms with E-state index in [2.05, 4.69) is 5.32 Å². The highest BCUT2D eigenvalue weighted by Gasteiger charge is 2.15. The highest BCUT2D eigenvalue weighted by atomic mass is 32.2. The van der Waals surface area contributed by atoms with Gasteiger partial charge in [0.2, 0.25) is 10.0 Å². The number of carbonyl (C=O) groups is 1. The molecule has 0 aliphatic carbocycles. The molecule has 1 aromatic heterocycles. The van der Waals surface area contributed by atoms with E-state index in [-0.39, 0.29) is 16.1 Å². The number of carbonyl (C=O) groups excluding carboxylic acids is 1. The molecule has 2 aromatic carbocycles. The van der Waals surface area contributed by atoms with Gasteiger partial charge < -0.3 is 9.73 Å². The molecule has 134 valence electrons. The molecule has 1 heterocycles. The topological polar surface area (TPSA) is 119 Å². The van der Waals surface area contributed by atoms with Gasteiger partial charge in [0.1, 0.15) is 5.58 Å². The van der Waals surface area contributed by atoms with Crippen molar-refractivity contribution in [1.29, 1.82) is 0 Å². The van der Waals surface area contributed by atoms with Gasteiger partial charge in [0, 0.05) is 11.8 Å². The minimum atomic E-state index is -3.81. The molecular weight excluding hydrogens is 356 g/mol. The number of nitrogens with one attached hydrogen (secondary N) is 1. The van der Waals surface area contributed by atoms with Gasteiger partial charge in [0.05, 0.1) is 10.3 Å². The number of hydrogen-bond donors (Lipinski definition) is 2. The zero-order chi connectivity index (χ0) is 19.1. The van der Waals surface area contributed by atoms with E-state index in [0.717, 1.165) is 17.2 Å². The quantitative estimate of drug-likeness (QED) is 0.731. The second-order valence-electron chi connectivity index (χ2n) is 5.95. The van der Waals surface area contributed by atoms with E-state index in [1.165, 1.54) is 24.3 Å². The van der Waals surface area contributed by atoms with Gasteiger partial charge in [-0.1, -0.05) is 6.07 Å². The summed E-state index contributed by atoms with van der Waals surface area (Å²) in [7, 11) is -3.81. The molecule has 0 atom stereocenters. The SMILES string of the molecule is Cc1cc(C)c2c(=O)cc(C(=O)Nc3ccc(S(N)(=O)=O)cc3)oc2c1. The van der Waals surface area contributed by atoms with Crippen molar-refractivity contribution < 1.29 is 17.6 Å². The van der Waals surface area contributed by atoms with Gasteiger partial charge in [-0.2, -0.15) is 0 Å². The van der Waals surface area contributed by atoms with Crippen molar-refractivity contribution in [3.63, 3.8) is 0 Å². The smallest absolute Gasteiger partial charge is 0.291 e. The summed E-state index contributed by atoms with van der Waals surface area (Å²) in [4.78, 5) is 24.6. The van der Waals surface area contributed by atoms with Crippen LogP contribution in [0.3, 0.4) is 0 Å². The van der Waals surface area contributed by atoms with E-state index >= 15 is 0 Å². The molecule has 0 radical (unpaired) electrons. The first-order valence-corrected chi connectivity index (χ1v) is 9.19. The van der Waals surface area contributed by atoms with Crippen molar-refractivity contribution in [3.8, 4) is 0 Å². The maximum atomic E-state index is 12.4. The van der Waals surface area contributed by atoms with Crippen LogP contribution in [-0.2, 0) is 10.0 Å². The van der Waals surface area contributed by atoms with E-state index < -0.39 is 15.9 Å². The number of hydrogen-bond acceptors (Lipinski definition) is 5. The number of sulfonamides is 1. The third-order valence-electron chi connectivity index (χ3n) is 3.84. The van der Waals surface area contributed by atoms with Crippen molar-refractivity contribution in [3.05, 3.63) is 69.6 Å². The fraction of sp³-hybridized carbons (Fsp3) is 0.111. The fourth-order valence-electron chi connectivity index (χ4n) is 2.70. The fourth-order valence-corrected chi connectivity index (χ4v) is 3.21. The first-order valence-electron chi connectivity index (χ1n) is 7.64. The highest BCUT2D eigenvalue weighted by molar-refractivity contribution is 7.89. The number of primary sulfonamides is 1. The summed E-state index contributed by atoms with van der Waals surface area (Å²) in [5.41, 5.74) is 2.06. The largest absolute Gasteiger partial charge is 0.451 e. The Morgan fingerprint density at radius 2 is 1.73 bits per heavy atom. The Labute approximate surface area is 149 Å². The maximum absolute atomic E-state index is 12.4. The molecule has 1 amide bonds. The van der Waals surface area contributed by atoms with E-state index in [1.807, 2.05) is 13.0 Å². The number of benzene rings is 2. The Hall–Kier alpha value is -2.97. The van der Waals surface area contributed by atoms with Crippen molar-refractivity contribution in [2.75, 3.05) is 5.32 Å². The van der Waals surface area contributed by atoms with Gasteiger partial charge in [-0.25, -0.2) is 13.6 Å². The van der Waals surface area contributed by atoms with Gasteiger partial charge >= 0.3 is 0 Å². The summed E-state index contributed by atoms with van der Waals surface area (Å²) in [5.74, 6) is -0.755. The number of fused-ring (bicyclic) bond motifs is 1. The Morgan fingerprint density at radius 3 is 2.35 bits per heavy atom. The Balaban J connectivity index is 1.94. The lowest BCUT2D eigenvalue weighted by atomic mass is 10.1. The van der Waals surface area contributed by atoms with Gasteiger partial charge in [-0.3, -0.25) is 9.59 Å². The molecule has 7 nitrogen and oxygen atoms in total. The van der Waals surface area contributed by atoms with Crippen LogP contribution < -0.4 is 15.9 Å². The van der Waals surface area contributed by atoms with Gasteiger partial charge in [-0.05, 0) is 55.3 Å². The lowest BCUT2D eigenvalue weighted by Gasteiger charge is -2.08. The summed E-state index contributed by atoms with van der Waals surface area (Å²) in [6.07, 6.45) is 0. The van der Waals surface area contributed by atoms with Gasteiger partial charge in [0.25, 0.3) is 5.91 Å². The van der Waals surface area contributed by atoms with Gasteiger partial charge in [0.15, 0.2) is 11.2 Å². The van der Waals surface area contributed by atoms with E-state index in [9.17, 15) is 18.0 Å². The zero-order valence-electron chi connectivity index (χ0n) is 14.1. The standard InChI is InChI=1S/C18H16N2O5S/c1-10-7-11(2)17-14(21)9-16(25-15(17)8-10)18(22)20-12-3-5-13(6-4-12)26(19,23)24/h3-9H,1-2H3,(H,20,22)(H2,19,23,24). The molecule has 8 heteroatoms. The highest BCUT2D eigenvalue weighted by Crippen LogP contribution is 2.20. The molecule has 0 unspecified atom stereocenters. The maximum Gasteiger partial charge on any atom is 0.291 e. The summed E-state index contributed by atoms with van der Waals surface area (Å²) in [5, 5.41) is 8.01. The van der Waals surface area contributed by atoms with Crippen molar-refractivity contribution in [2.24, 2.45) is 5.14 Å². The van der Waals surface area contributed by atoms with E-state index in [4.69, 9.17) is 9.56 Å². The van der Waals surface area contributed by atoms with Crippen LogP contribution in [0, 0.1) is 13.8 Å². The lowest BCUT2D eigenvalue weighted by Crippen LogP contribution is -2.16. The van der Waals surface area contributed by atoms with Crippen LogP contribution in [0.15, 0.2) is 56.6 Å². The molecule has 0 aliphatic heterocycles. The predicted octanol–water partition coefficient (Wildman–Crippen LogP) is 2.31. The van der Waals surface area contributed by atoms with Crippen LogP contribution in [0.2, 0.25) is 0 Å². The third-order valence-corrected chi connectivity index (χ3v) is 4.77. The summed E-state index contributed by atoms with van der Waals surface area (Å²) < 4.78 is 28.1. The van der Waals surface area contributed by atoms with Crippen LogP contribution in [0.5, 0.6) is 0 Å². The molecule has 3 rings (SSSR count). The number of amides is 1. The van der Waals surface area contributed by atoms with Crippen LogP contribution >= 0.6 is 0 Å². The Bertz CT molecular complexity index is 1180. The van der Waals surface area contributed by atoms with Crippen LogP contribution in [-0.4, -0.2) is 14.3 Å². The van der Waals surface area contributed by atoms with Gasteiger partial charge in [-0.15, -0.1) is 0 Å². The number of aryl methyl sites for hydroxylation is 2. The molecule has 0 saturated heterocycles. The number of anilines is 1. The first-order chi connectivity index (χ1) is 12.1. The molecule has 3 aromatic rings. The van der Waals surface area contributed by atoms with Crippen molar-refractivity contribution in [2.45, 2.75) is 18.7 Å². The molecule has 26 heavy (non-hydrogen) atoms. The Kier molecular flexibility index (Phi) is 4.39. The first kappa shape index (κ1) is 17.8. The number of rotatable bonds is 3. The van der Waals surface area contributed by atoms with E-state index in [0.29, 0.717) is 16.7 Å². The molecule has 0 bridgehead atoms. The second-order valence-corrected chi connectivity index (χ2v) is 7.51. The van der Waals surface area contributed by atoms with Crippen LogP contribution in [0.4, 0.5) is 5.69 Å². The third kappa shape index (κ3) is 3.51. The number of nitrogens with two attached hydrogens (primary N) is 1. The normalized spacial score (nSPS) is 11.5. The summed E-state index contributed by atoms with van der Waals surface area (Å²) in [6.45, 7) is 3.67. The predicted molar refractivity (Wildman–Crippen MR) is 97.7 cm³/mol. The zero-order valence-corrected chi connectivity index (χ0v) is 14.9.